The molecule has 23 nitrogen and oxygen atoms in total. The van der Waals surface area contributed by atoms with Crippen molar-refractivity contribution in [2.45, 2.75) is 118 Å². The number of nitrogens with one attached hydrogen (secondary N) is 2. The van der Waals surface area contributed by atoms with E-state index in [0.29, 0.717) is 67.1 Å². The van der Waals surface area contributed by atoms with Crippen molar-refractivity contribution in [2.24, 2.45) is 10.8 Å². The van der Waals surface area contributed by atoms with Crippen LogP contribution in [-0.4, -0.2) is 147 Å². The second-order valence-corrected chi connectivity index (χ2v) is 26.7. The van der Waals surface area contributed by atoms with E-state index in [1.165, 1.54) is 33.0 Å². The lowest BCUT2D eigenvalue weighted by atomic mass is 10.00. The van der Waals surface area contributed by atoms with Crippen LogP contribution in [0.3, 0.4) is 0 Å². The number of halogens is 3. The summed E-state index contributed by atoms with van der Waals surface area (Å²) in [6, 6.07) is 12.2. The molecule has 2 aliphatic carbocycles. The summed E-state index contributed by atoms with van der Waals surface area (Å²) in [5, 5.41) is 16.0. The Bertz CT molecular complexity index is 4360. The largest absolute Gasteiger partial charge is 0.325 e. The van der Waals surface area contributed by atoms with Crippen molar-refractivity contribution in [1.82, 2.24) is 59.3 Å². The molecule has 2 saturated heterocycles. The molecule has 4 fully saturated rings. The van der Waals surface area contributed by atoms with Crippen molar-refractivity contribution >= 4 is 111 Å². The van der Waals surface area contributed by atoms with E-state index in [2.05, 4.69) is 82.6 Å². The van der Waals surface area contributed by atoms with Crippen molar-refractivity contribution in [1.29, 1.82) is 0 Å². The van der Waals surface area contributed by atoms with Gasteiger partial charge in [0, 0.05) is 83.4 Å². The third kappa shape index (κ3) is 12.0. The fourth-order valence-electron chi connectivity index (χ4n) is 12.4. The number of ketones is 2. The predicted octanol–water partition coefficient (Wildman–Crippen LogP) is 8.50. The summed E-state index contributed by atoms with van der Waals surface area (Å²) < 4.78 is 47.1. The molecular weight excluding hydrogens is 1280 g/mol. The first-order chi connectivity index (χ1) is 41.7. The van der Waals surface area contributed by atoms with E-state index in [4.69, 9.17) is 4.18 Å². The molecule has 4 aliphatic rings. The standard InChI is InChI=1S/C31H32BrN7O6S.C30H29BrFN7O3/c1-16-6-7-25(32)35-29(16)36-30(42)23-10-31(15-45-46(5,43)44)11-24(31)39(23)26(41)14-38-28-17(2)8-20(21-12-33-19(4)34-13-21)9-22(28)27(37-38)18(3)40;1-15-5-6-24(31)35-28(15)36-29(42)22-9-30(14-32)10-23(30)39(22)25(41)13-38-27-16(2)7-19(20-11-33-18(4)34-12-20)8-21(27)26(37-38)17(3)40/h6-9,12-13,23-24H,10-11,14-15H2,1-5H3,(H,35,36,42);5-8,11-12,22-23H,9-10,13-14H2,1-4H3,(H,35,36,42)/t23-,24+,31-;22-,23+,30-/m00/s1. The zero-order valence-corrected chi connectivity index (χ0v) is 53.5. The Kier molecular flexibility index (Phi) is 16.4. The van der Waals surface area contributed by atoms with E-state index < -0.39 is 63.5 Å². The second kappa shape index (κ2) is 23.4. The average molecular weight is 1350 g/mol. The summed E-state index contributed by atoms with van der Waals surface area (Å²) >= 11 is 6.64. The van der Waals surface area contributed by atoms with Crippen LogP contribution in [0.5, 0.6) is 0 Å². The van der Waals surface area contributed by atoms with Crippen molar-refractivity contribution in [3.8, 4) is 22.3 Å². The number of Topliss-reactive ketones (excluding diaryl/α,β-unsaturated/α-hetero) is 2. The quantitative estimate of drug-likeness (QED) is 0.0520. The number of pyridine rings is 2. The maximum atomic E-state index is 14.2. The highest BCUT2D eigenvalue weighted by atomic mass is 79.9. The van der Waals surface area contributed by atoms with Crippen molar-refractivity contribution in [3.05, 3.63) is 128 Å². The Morgan fingerprint density at radius 1 is 0.591 bits per heavy atom. The highest BCUT2D eigenvalue weighted by molar-refractivity contribution is 9.10. The molecule has 0 radical (unpaired) electrons. The number of aromatic nitrogens is 10. The Morgan fingerprint density at radius 3 is 1.39 bits per heavy atom. The molecule has 0 unspecified atom stereocenters. The van der Waals surface area contributed by atoms with Crippen LogP contribution in [0.25, 0.3) is 44.1 Å². The van der Waals surface area contributed by atoms with Crippen molar-refractivity contribution in [3.63, 3.8) is 0 Å². The summed E-state index contributed by atoms with van der Waals surface area (Å²) in [5.41, 5.74) is 6.62. The van der Waals surface area contributed by atoms with Gasteiger partial charge < -0.3 is 20.4 Å². The molecule has 456 valence electrons. The summed E-state index contributed by atoms with van der Waals surface area (Å²) in [6.45, 7) is 12.7. The van der Waals surface area contributed by atoms with Gasteiger partial charge in [0.25, 0.3) is 10.1 Å². The maximum Gasteiger partial charge on any atom is 0.264 e. The molecule has 12 rings (SSSR count). The number of hydrogen-bond acceptors (Lipinski definition) is 17. The number of likely N-dealkylation sites (tertiary alicyclic amines) is 2. The predicted molar refractivity (Wildman–Crippen MR) is 330 cm³/mol. The fourth-order valence-corrected chi connectivity index (χ4v) is 13.4. The molecule has 6 aromatic heterocycles. The van der Waals surface area contributed by atoms with Gasteiger partial charge >= 0.3 is 0 Å². The molecule has 4 amide bonds. The van der Waals surface area contributed by atoms with Crippen LogP contribution in [0.1, 0.15) is 94.4 Å². The Balaban J connectivity index is 0.000000183. The van der Waals surface area contributed by atoms with Gasteiger partial charge in [-0.2, -0.15) is 18.6 Å². The second-order valence-electron chi connectivity index (χ2n) is 23.4. The van der Waals surface area contributed by atoms with E-state index in [-0.39, 0.29) is 67.4 Å². The Labute approximate surface area is 522 Å². The van der Waals surface area contributed by atoms with E-state index in [1.54, 1.807) is 63.8 Å². The van der Waals surface area contributed by atoms with Gasteiger partial charge in [0.05, 0.1) is 30.6 Å². The summed E-state index contributed by atoms with van der Waals surface area (Å²) in [5.74, 6) is -0.0846. The third-order valence-electron chi connectivity index (χ3n) is 17.0. The number of rotatable bonds is 16. The SMILES string of the molecule is CC(=O)c1nn(CC(=O)N2[C@H](C(=O)Nc3nc(Br)ccc3C)C[C@@]3(CF)C[C@@H]23)c2c(C)cc(-c3cnc(C)nc3)cc12.CC(=O)c1nn(CC(=O)N2[C@H](C(=O)Nc3nc(Br)ccc3C)C[C@@]3(COS(C)(=O)=O)C[C@@H]23)c2c(C)cc(-c3cnc(C)nc3)cc12. The van der Waals surface area contributed by atoms with Gasteiger partial charge in [-0.05, 0) is 169 Å². The van der Waals surface area contributed by atoms with Crippen molar-refractivity contribution < 1.29 is 45.8 Å². The number of piperidine rings is 2. The molecule has 6 atom stereocenters. The summed E-state index contributed by atoms with van der Waals surface area (Å²) in [6.07, 6.45) is 9.29. The van der Waals surface area contributed by atoms with Crippen LogP contribution in [0.15, 0.2) is 82.5 Å². The molecule has 8 heterocycles. The number of aryl methyl sites for hydroxylation is 6. The van der Waals surface area contributed by atoms with E-state index in [1.807, 2.05) is 51.1 Å². The number of fused-ring (bicyclic) bond motifs is 4. The summed E-state index contributed by atoms with van der Waals surface area (Å²) in [4.78, 5) is 109. The Morgan fingerprint density at radius 2 is 0.989 bits per heavy atom. The Hall–Kier alpha value is -8.14. The number of alkyl halides is 1. The van der Waals surface area contributed by atoms with Crippen LogP contribution >= 0.6 is 31.9 Å². The van der Waals surface area contributed by atoms with Gasteiger partial charge in [0.1, 0.15) is 69.1 Å². The van der Waals surface area contributed by atoms with Gasteiger partial charge in [-0.3, -0.25) is 46.7 Å². The number of hydrogen-bond donors (Lipinski definition) is 2. The fraction of sp³-hybridized carbons (Fsp3) is 0.377. The first kappa shape index (κ1) is 61.5. The number of amides is 4. The molecule has 2 N–H and O–H groups in total. The lowest BCUT2D eigenvalue weighted by Gasteiger charge is -2.27. The summed E-state index contributed by atoms with van der Waals surface area (Å²) in [7, 11) is -3.74. The molecule has 27 heteroatoms. The van der Waals surface area contributed by atoms with E-state index in [0.717, 1.165) is 50.8 Å². The smallest absolute Gasteiger partial charge is 0.264 e. The molecule has 2 saturated carbocycles. The lowest BCUT2D eigenvalue weighted by molar-refractivity contribution is -0.138. The number of carbonyl (C=O) groups excluding carboxylic acids is 6. The topological polar surface area (TPSA) is 289 Å². The van der Waals surface area contributed by atoms with Gasteiger partial charge in [-0.1, -0.05) is 12.1 Å². The van der Waals surface area contributed by atoms with Gasteiger partial charge in [0.2, 0.25) is 23.6 Å². The highest BCUT2D eigenvalue weighted by Gasteiger charge is 2.68. The van der Waals surface area contributed by atoms with Crippen LogP contribution in [0, 0.1) is 52.4 Å². The molecule has 2 aromatic carbocycles. The van der Waals surface area contributed by atoms with Crippen LogP contribution in [0.2, 0.25) is 0 Å². The number of anilines is 2. The van der Waals surface area contributed by atoms with Crippen molar-refractivity contribution in [2.75, 3.05) is 30.2 Å². The van der Waals surface area contributed by atoms with Gasteiger partial charge in [-0.15, -0.1) is 0 Å². The molecule has 88 heavy (non-hydrogen) atoms. The molecule has 0 spiro atoms. The van der Waals surface area contributed by atoms with Crippen LogP contribution < -0.4 is 10.6 Å². The minimum absolute atomic E-state index is 0.137. The normalized spacial score (nSPS) is 20.7. The van der Waals surface area contributed by atoms with E-state index >= 15 is 0 Å². The number of carbonyl (C=O) groups is 6. The molecule has 2 aliphatic heterocycles. The minimum atomic E-state index is -3.74. The van der Waals surface area contributed by atoms with E-state index in [9.17, 15) is 41.6 Å². The number of benzene rings is 2. The zero-order chi connectivity index (χ0) is 63.1. The third-order valence-corrected chi connectivity index (χ3v) is 18.4. The minimum Gasteiger partial charge on any atom is -0.325 e. The molecule has 0 bridgehead atoms. The number of nitrogens with zero attached hydrogens (tertiary/aromatic N) is 12. The average Bonchev–Trinajstić information content (AvgIpc) is 1.57. The molecular formula is C61H61Br2FN14O9S. The lowest BCUT2D eigenvalue weighted by Crippen LogP contribution is -2.47. The van der Waals surface area contributed by atoms with Crippen LogP contribution in [0.4, 0.5) is 16.0 Å². The molecule has 8 aromatic rings. The van der Waals surface area contributed by atoms with Gasteiger partial charge in [0.15, 0.2) is 11.6 Å². The highest BCUT2D eigenvalue weighted by Crippen LogP contribution is 2.61. The van der Waals surface area contributed by atoms with Crippen LogP contribution in [-0.2, 0) is 46.6 Å². The first-order valence-electron chi connectivity index (χ1n) is 28.2. The zero-order valence-electron chi connectivity index (χ0n) is 49.5. The van der Waals surface area contributed by atoms with Gasteiger partial charge in [-0.25, -0.2) is 29.9 Å². The maximum absolute atomic E-state index is 14.2. The first-order valence-corrected chi connectivity index (χ1v) is 31.6. The monoisotopic (exact) mass is 1340 g/mol.